The molecule has 4 nitrogen and oxygen atoms in total. The second-order valence-electron chi connectivity index (χ2n) is 6.15. The molecule has 4 heteroatoms. The van der Waals surface area contributed by atoms with Crippen LogP contribution in [0.15, 0.2) is 29.2 Å². The Morgan fingerprint density at radius 1 is 1.18 bits per heavy atom. The number of nitrogens with one attached hydrogen (secondary N) is 1. The number of hydrogen-bond donors (Lipinski definition) is 1. The molecule has 1 unspecified atom stereocenters. The molecule has 0 aromatic carbocycles. The normalized spacial score (nSPS) is 12.5. The van der Waals surface area contributed by atoms with Crippen molar-refractivity contribution in [1.29, 1.82) is 0 Å². The summed E-state index contributed by atoms with van der Waals surface area (Å²) < 4.78 is 5.92. The number of hydrogen-bond acceptors (Lipinski definition) is 3. The summed E-state index contributed by atoms with van der Waals surface area (Å²) in [6.45, 7) is 10.5. The molecule has 2 rings (SSSR count). The van der Waals surface area contributed by atoms with Crippen molar-refractivity contribution in [3.63, 3.8) is 0 Å². The number of nitrogens with zero attached hydrogens (tertiary/aromatic N) is 1. The van der Waals surface area contributed by atoms with E-state index in [-0.39, 0.29) is 11.3 Å². The van der Waals surface area contributed by atoms with Gasteiger partial charge in [-0.2, -0.15) is 0 Å². The Morgan fingerprint density at radius 2 is 1.91 bits per heavy atom. The Morgan fingerprint density at radius 3 is 2.55 bits per heavy atom. The number of pyridine rings is 2. The van der Waals surface area contributed by atoms with E-state index in [0.29, 0.717) is 18.4 Å². The van der Waals surface area contributed by atoms with Gasteiger partial charge in [0.05, 0.1) is 6.61 Å². The second kappa shape index (κ2) is 6.77. The molecular formula is C18H24N2O2. The molecule has 0 saturated carbocycles. The van der Waals surface area contributed by atoms with Crippen LogP contribution in [0.4, 0.5) is 0 Å². The molecule has 0 bridgehead atoms. The van der Waals surface area contributed by atoms with Crippen molar-refractivity contribution in [2.24, 2.45) is 0 Å². The fourth-order valence-electron chi connectivity index (χ4n) is 2.36. The molecule has 1 N–H and O–H groups in total. The summed E-state index contributed by atoms with van der Waals surface area (Å²) in [6.07, 6.45) is 1.78. The monoisotopic (exact) mass is 300 g/mol. The molecule has 0 spiro atoms. The standard InChI is InChI=1S/C18H24N2O2/c1-11(2)15-7-6-13(4)20-18(15)22-10-12(3)16-9-19-14(5)8-17(16)21/h6-9,11-12H,10H2,1-5H3,(H,19,21). The van der Waals surface area contributed by atoms with Crippen LogP contribution in [0, 0.1) is 13.8 Å². The summed E-state index contributed by atoms with van der Waals surface area (Å²) >= 11 is 0. The molecule has 0 amide bonds. The van der Waals surface area contributed by atoms with Crippen LogP contribution in [0.3, 0.4) is 0 Å². The third kappa shape index (κ3) is 3.75. The Labute approximate surface area is 131 Å². The number of aryl methyl sites for hydroxylation is 2. The van der Waals surface area contributed by atoms with Gasteiger partial charge in [-0.1, -0.05) is 26.8 Å². The van der Waals surface area contributed by atoms with Crippen LogP contribution in [0.5, 0.6) is 5.88 Å². The number of aromatic amines is 1. The molecular weight excluding hydrogens is 276 g/mol. The number of rotatable bonds is 5. The molecule has 2 heterocycles. The molecule has 0 aliphatic rings. The first-order chi connectivity index (χ1) is 10.4. The van der Waals surface area contributed by atoms with E-state index in [2.05, 4.69) is 29.9 Å². The summed E-state index contributed by atoms with van der Waals surface area (Å²) in [5.41, 5.74) is 3.68. The van der Waals surface area contributed by atoms with E-state index in [4.69, 9.17) is 4.74 Å². The van der Waals surface area contributed by atoms with Gasteiger partial charge in [-0.25, -0.2) is 4.98 Å². The van der Waals surface area contributed by atoms with Gasteiger partial charge in [0.2, 0.25) is 5.88 Å². The average molecular weight is 300 g/mol. The smallest absolute Gasteiger partial charge is 0.217 e. The SMILES string of the molecule is Cc1ccc(C(C)C)c(OCC(C)c2c[nH]c(C)cc2=O)n1. The third-order valence-corrected chi connectivity index (χ3v) is 3.74. The van der Waals surface area contributed by atoms with Gasteiger partial charge in [0, 0.05) is 40.7 Å². The van der Waals surface area contributed by atoms with E-state index < -0.39 is 0 Å². The molecule has 118 valence electrons. The van der Waals surface area contributed by atoms with Crippen LogP contribution in [0.1, 0.15) is 55.1 Å². The molecule has 0 aliphatic heterocycles. The molecule has 2 aromatic rings. The highest BCUT2D eigenvalue weighted by Gasteiger charge is 2.14. The van der Waals surface area contributed by atoms with Gasteiger partial charge in [-0.05, 0) is 25.8 Å². The minimum absolute atomic E-state index is 0.00618. The first-order valence-corrected chi connectivity index (χ1v) is 7.68. The highest BCUT2D eigenvalue weighted by Crippen LogP contribution is 2.25. The van der Waals surface area contributed by atoms with Crippen LogP contribution in [0.25, 0.3) is 0 Å². The highest BCUT2D eigenvalue weighted by atomic mass is 16.5. The van der Waals surface area contributed by atoms with Crippen molar-refractivity contribution < 1.29 is 4.74 Å². The lowest BCUT2D eigenvalue weighted by Gasteiger charge is -2.16. The third-order valence-electron chi connectivity index (χ3n) is 3.74. The first-order valence-electron chi connectivity index (χ1n) is 7.68. The van der Waals surface area contributed by atoms with Crippen molar-refractivity contribution in [2.45, 2.75) is 46.5 Å². The minimum Gasteiger partial charge on any atom is -0.477 e. The summed E-state index contributed by atoms with van der Waals surface area (Å²) in [5.74, 6) is 1.03. The van der Waals surface area contributed by atoms with E-state index in [0.717, 1.165) is 22.5 Å². The minimum atomic E-state index is 0.00618. The van der Waals surface area contributed by atoms with Crippen molar-refractivity contribution in [3.05, 3.63) is 57.1 Å². The van der Waals surface area contributed by atoms with Gasteiger partial charge in [-0.15, -0.1) is 0 Å². The quantitative estimate of drug-likeness (QED) is 0.916. The van der Waals surface area contributed by atoms with Crippen molar-refractivity contribution in [3.8, 4) is 5.88 Å². The lowest BCUT2D eigenvalue weighted by Crippen LogP contribution is -2.18. The van der Waals surface area contributed by atoms with Crippen LogP contribution >= 0.6 is 0 Å². The Kier molecular flexibility index (Phi) is 5.01. The van der Waals surface area contributed by atoms with Crippen LogP contribution in [-0.4, -0.2) is 16.6 Å². The molecule has 0 radical (unpaired) electrons. The van der Waals surface area contributed by atoms with Gasteiger partial charge >= 0.3 is 0 Å². The van der Waals surface area contributed by atoms with Gasteiger partial charge < -0.3 is 9.72 Å². The summed E-state index contributed by atoms with van der Waals surface area (Å²) in [7, 11) is 0. The van der Waals surface area contributed by atoms with Crippen molar-refractivity contribution in [2.75, 3.05) is 6.61 Å². The predicted molar refractivity (Wildman–Crippen MR) is 88.8 cm³/mol. The molecule has 0 saturated heterocycles. The lowest BCUT2D eigenvalue weighted by atomic mass is 10.0. The van der Waals surface area contributed by atoms with Gasteiger partial charge in [0.15, 0.2) is 5.43 Å². The Balaban J connectivity index is 2.16. The van der Waals surface area contributed by atoms with E-state index >= 15 is 0 Å². The Hall–Kier alpha value is -2.10. The van der Waals surface area contributed by atoms with Crippen molar-refractivity contribution in [1.82, 2.24) is 9.97 Å². The van der Waals surface area contributed by atoms with Crippen LogP contribution < -0.4 is 10.2 Å². The summed E-state index contributed by atoms with van der Waals surface area (Å²) in [4.78, 5) is 19.6. The van der Waals surface area contributed by atoms with Gasteiger partial charge in [-0.3, -0.25) is 4.79 Å². The zero-order valence-electron chi connectivity index (χ0n) is 13.9. The zero-order valence-corrected chi connectivity index (χ0v) is 13.9. The lowest BCUT2D eigenvalue weighted by molar-refractivity contribution is 0.279. The first kappa shape index (κ1) is 16.3. The molecule has 0 fully saturated rings. The maximum Gasteiger partial charge on any atom is 0.217 e. The molecule has 1 atom stereocenters. The predicted octanol–water partition coefficient (Wildman–Crippen LogP) is 3.69. The Bertz CT molecular complexity index is 704. The molecule has 22 heavy (non-hydrogen) atoms. The van der Waals surface area contributed by atoms with Gasteiger partial charge in [0.25, 0.3) is 0 Å². The number of aromatic nitrogens is 2. The average Bonchev–Trinajstić information content (AvgIpc) is 2.44. The fraction of sp³-hybridized carbons (Fsp3) is 0.444. The summed E-state index contributed by atoms with van der Waals surface area (Å²) in [6, 6.07) is 5.68. The zero-order chi connectivity index (χ0) is 16.3. The van der Waals surface area contributed by atoms with E-state index in [9.17, 15) is 4.79 Å². The fourth-order valence-corrected chi connectivity index (χ4v) is 2.36. The largest absolute Gasteiger partial charge is 0.477 e. The van der Waals surface area contributed by atoms with E-state index in [1.54, 1.807) is 12.3 Å². The topological polar surface area (TPSA) is 55.0 Å². The molecule has 0 aliphatic carbocycles. The van der Waals surface area contributed by atoms with Gasteiger partial charge in [0.1, 0.15) is 0 Å². The maximum atomic E-state index is 12.0. The second-order valence-corrected chi connectivity index (χ2v) is 6.15. The van der Waals surface area contributed by atoms with E-state index in [1.165, 1.54) is 0 Å². The molecule has 2 aromatic heterocycles. The van der Waals surface area contributed by atoms with E-state index in [1.807, 2.05) is 26.8 Å². The maximum absolute atomic E-state index is 12.0. The number of H-pyrrole nitrogens is 1. The van der Waals surface area contributed by atoms with Crippen LogP contribution in [-0.2, 0) is 0 Å². The van der Waals surface area contributed by atoms with Crippen LogP contribution in [0.2, 0.25) is 0 Å². The number of ether oxygens (including phenoxy) is 1. The highest BCUT2D eigenvalue weighted by molar-refractivity contribution is 5.31. The summed E-state index contributed by atoms with van der Waals surface area (Å²) in [5, 5.41) is 0. The van der Waals surface area contributed by atoms with Crippen molar-refractivity contribution >= 4 is 0 Å².